The minimum absolute atomic E-state index is 0.0302. The van der Waals surface area contributed by atoms with Crippen LogP contribution in [0.1, 0.15) is 27.0 Å². The quantitative estimate of drug-likeness (QED) is 0.537. The van der Waals surface area contributed by atoms with E-state index in [1.54, 1.807) is 0 Å². The van der Waals surface area contributed by atoms with E-state index in [1.165, 1.54) is 17.2 Å². The van der Waals surface area contributed by atoms with Crippen LogP contribution in [0.25, 0.3) is 11.2 Å². The number of carbonyl (C=O) groups is 3. The van der Waals surface area contributed by atoms with Crippen molar-refractivity contribution in [1.82, 2.24) is 19.5 Å². The Labute approximate surface area is 151 Å². The maximum absolute atomic E-state index is 11.8. The number of H-pyrrole nitrogens is 1. The molecule has 3 heterocycles. The van der Waals surface area contributed by atoms with Crippen molar-refractivity contribution in [2.24, 2.45) is 0 Å². The number of esters is 3. The number of ether oxygens (including phenoxy) is 4. The van der Waals surface area contributed by atoms with Crippen LogP contribution in [0.3, 0.4) is 0 Å². The molecule has 2 aromatic heterocycles. The summed E-state index contributed by atoms with van der Waals surface area (Å²) in [5.74, 6) is -2.06. The van der Waals surface area contributed by atoms with Gasteiger partial charge in [-0.1, -0.05) is 0 Å². The molecule has 0 saturated carbocycles. The van der Waals surface area contributed by atoms with Gasteiger partial charge in [0.1, 0.15) is 0 Å². The fourth-order valence-corrected chi connectivity index (χ4v) is 2.77. The van der Waals surface area contributed by atoms with Gasteiger partial charge in [0, 0.05) is 20.8 Å². The minimum atomic E-state index is -1.33. The number of aromatic amines is 1. The van der Waals surface area contributed by atoms with Gasteiger partial charge in [-0.2, -0.15) is 0 Å². The first-order valence-electron chi connectivity index (χ1n) is 7.85. The summed E-state index contributed by atoms with van der Waals surface area (Å²) < 4.78 is 22.5. The highest BCUT2D eigenvalue weighted by atomic mass is 16.8. The van der Waals surface area contributed by atoms with E-state index >= 15 is 0 Å². The molecule has 0 radical (unpaired) electrons. The normalized spacial score (nSPS) is 24.6. The van der Waals surface area contributed by atoms with Gasteiger partial charge in [0.05, 0.1) is 12.7 Å². The van der Waals surface area contributed by atoms with Gasteiger partial charge < -0.3 is 23.9 Å². The topological polar surface area (TPSA) is 152 Å². The Hall–Kier alpha value is -3.28. The van der Waals surface area contributed by atoms with Crippen LogP contribution in [0.15, 0.2) is 17.4 Å². The average molecular weight is 380 g/mol. The summed E-state index contributed by atoms with van der Waals surface area (Å²) in [5, 5.41) is 0. The highest BCUT2D eigenvalue weighted by molar-refractivity contribution is 5.70. The molecule has 12 heteroatoms. The molecule has 2 aromatic rings. The number of imidazole rings is 1. The Morgan fingerprint density at radius 2 is 1.67 bits per heavy atom. The third-order valence-electron chi connectivity index (χ3n) is 3.67. The van der Waals surface area contributed by atoms with Crippen molar-refractivity contribution in [3.05, 3.63) is 23.0 Å². The molecule has 0 spiro atoms. The maximum Gasteiger partial charge on any atom is 0.305 e. The van der Waals surface area contributed by atoms with Gasteiger partial charge in [-0.3, -0.25) is 23.7 Å². The molecule has 1 fully saturated rings. The van der Waals surface area contributed by atoms with Gasteiger partial charge in [0.25, 0.3) is 5.56 Å². The van der Waals surface area contributed by atoms with Crippen molar-refractivity contribution >= 4 is 29.1 Å². The number of aromatic nitrogens is 4. The second-order valence-electron chi connectivity index (χ2n) is 5.71. The summed E-state index contributed by atoms with van der Waals surface area (Å²) in [6.07, 6.45) is -2.41. The van der Waals surface area contributed by atoms with Crippen molar-refractivity contribution in [1.29, 1.82) is 0 Å². The fraction of sp³-hybridized carbons (Fsp3) is 0.467. The van der Waals surface area contributed by atoms with Crippen LogP contribution < -0.4 is 5.56 Å². The number of nitrogens with one attached hydrogen (secondary N) is 1. The molecule has 0 amide bonds. The van der Waals surface area contributed by atoms with Gasteiger partial charge in [0.2, 0.25) is 12.4 Å². The van der Waals surface area contributed by atoms with Gasteiger partial charge in [-0.05, 0) is 0 Å². The van der Waals surface area contributed by atoms with Crippen molar-refractivity contribution in [3.63, 3.8) is 0 Å². The molecule has 4 atom stereocenters. The standard InChI is InChI=1S/C15H16N4O8/c1-6(20)24-10-11(25-7(2)21)15(26-8(3)22)27-14(10)19-5-18-9-12(19)16-4-17-13(9)23/h4-5,10-11,14-15H,1-3H3,(H,16,17,23)/t10-,11-,14-,15+/m0/s1. The lowest BCUT2D eigenvalue weighted by Crippen LogP contribution is -2.40. The summed E-state index contributed by atoms with van der Waals surface area (Å²) in [4.78, 5) is 56.7. The summed E-state index contributed by atoms with van der Waals surface area (Å²) >= 11 is 0. The summed E-state index contributed by atoms with van der Waals surface area (Å²) in [6.45, 7) is 3.46. The zero-order valence-corrected chi connectivity index (χ0v) is 14.6. The van der Waals surface area contributed by atoms with Gasteiger partial charge in [0.15, 0.2) is 23.5 Å². The number of carbonyl (C=O) groups excluding carboxylic acids is 3. The highest BCUT2D eigenvalue weighted by Crippen LogP contribution is 2.35. The average Bonchev–Trinajstić information content (AvgIpc) is 3.11. The Bertz CT molecular complexity index is 951. The van der Waals surface area contributed by atoms with Crippen LogP contribution in [-0.4, -0.2) is 55.9 Å². The first-order chi connectivity index (χ1) is 12.8. The van der Waals surface area contributed by atoms with E-state index in [0.717, 1.165) is 20.8 Å². The zero-order chi connectivity index (χ0) is 19.7. The molecule has 3 rings (SSSR count). The van der Waals surface area contributed by atoms with Gasteiger partial charge >= 0.3 is 17.9 Å². The number of hydrogen-bond donors (Lipinski definition) is 1. The van der Waals surface area contributed by atoms with Crippen molar-refractivity contribution in [2.45, 2.75) is 45.5 Å². The molecule has 144 valence electrons. The van der Waals surface area contributed by atoms with Crippen LogP contribution in [-0.2, 0) is 33.3 Å². The molecule has 0 aliphatic carbocycles. The van der Waals surface area contributed by atoms with E-state index in [0.29, 0.717) is 0 Å². The molecule has 1 saturated heterocycles. The van der Waals surface area contributed by atoms with Crippen LogP contribution >= 0.6 is 0 Å². The van der Waals surface area contributed by atoms with E-state index in [4.69, 9.17) is 18.9 Å². The number of rotatable bonds is 4. The molecule has 1 N–H and O–H groups in total. The second kappa shape index (κ2) is 7.15. The van der Waals surface area contributed by atoms with Crippen LogP contribution in [0.4, 0.5) is 0 Å². The zero-order valence-electron chi connectivity index (χ0n) is 14.6. The minimum Gasteiger partial charge on any atom is -0.453 e. The van der Waals surface area contributed by atoms with Crippen LogP contribution in [0.2, 0.25) is 0 Å². The SMILES string of the molecule is CC(=O)O[C@@H]1O[C@H](n2cnc3c(=O)[nH]cnc32)[C@@H](OC(C)=O)[C@@H]1OC(C)=O. The molecule has 1 aliphatic heterocycles. The Balaban J connectivity index is 2.06. The smallest absolute Gasteiger partial charge is 0.305 e. The lowest BCUT2D eigenvalue weighted by Gasteiger charge is -2.23. The van der Waals surface area contributed by atoms with Crippen LogP contribution in [0, 0.1) is 0 Å². The van der Waals surface area contributed by atoms with Gasteiger partial charge in [-0.15, -0.1) is 0 Å². The van der Waals surface area contributed by atoms with E-state index in [2.05, 4.69) is 15.0 Å². The predicted molar refractivity (Wildman–Crippen MR) is 84.9 cm³/mol. The van der Waals surface area contributed by atoms with Crippen molar-refractivity contribution < 1.29 is 33.3 Å². The summed E-state index contributed by atoms with van der Waals surface area (Å²) in [7, 11) is 0. The van der Waals surface area contributed by atoms with Crippen LogP contribution in [0.5, 0.6) is 0 Å². The molecule has 0 aromatic carbocycles. The molecule has 27 heavy (non-hydrogen) atoms. The first kappa shape index (κ1) is 18.5. The molecular formula is C15H16N4O8. The monoisotopic (exact) mass is 380 g/mol. The first-order valence-corrected chi connectivity index (χ1v) is 7.85. The lowest BCUT2D eigenvalue weighted by atomic mass is 10.2. The fourth-order valence-electron chi connectivity index (χ4n) is 2.77. The Morgan fingerprint density at radius 3 is 2.30 bits per heavy atom. The molecule has 12 nitrogen and oxygen atoms in total. The largest absolute Gasteiger partial charge is 0.453 e. The number of nitrogens with zero attached hydrogens (tertiary/aromatic N) is 3. The second-order valence-corrected chi connectivity index (χ2v) is 5.71. The molecular weight excluding hydrogens is 364 g/mol. The lowest BCUT2D eigenvalue weighted by molar-refractivity contribution is -0.198. The Morgan fingerprint density at radius 1 is 1.04 bits per heavy atom. The molecule has 1 aliphatic rings. The number of fused-ring (bicyclic) bond motifs is 1. The van der Waals surface area contributed by atoms with Gasteiger partial charge in [-0.25, -0.2) is 9.97 Å². The third kappa shape index (κ3) is 3.65. The van der Waals surface area contributed by atoms with E-state index in [-0.39, 0.29) is 11.2 Å². The van der Waals surface area contributed by atoms with E-state index < -0.39 is 48.2 Å². The van der Waals surface area contributed by atoms with Crippen molar-refractivity contribution in [2.75, 3.05) is 0 Å². The van der Waals surface area contributed by atoms with Crippen molar-refractivity contribution in [3.8, 4) is 0 Å². The highest BCUT2D eigenvalue weighted by Gasteiger charge is 2.52. The number of hydrogen-bond acceptors (Lipinski definition) is 10. The summed E-state index contributed by atoms with van der Waals surface area (Å²) in [6, 6.07) is 0. The van der Waals surface area contributed by atoms with E-state index in [9.17, 15) is 19.2 Å². The predicted octanol–water partition coefficient (Wildman–Crippen LogP) is -0.599. The summed E-state index contributed by atoms with van der Waals surface area (Å²) in [5.41, 5.74) is -0.303. The van der Waals surface area contributed by atoms with E-state index in [1.807, 2.05) is 0 Å². The Kier molecular flexibility index (Phi) is 4.90. The molecule has 0 bridgehead atoms. The molecule has 0 unspecified atom stereocenters. The maximum atomic E-state index is 11.8. The third-order valence-corrected chi connectivity index (χ3v) is 3.67.